The molecule has 22 heavy (non-hydrogen) atoms. The summed E-state index contributed by atoms with van der Waals surface area (Å²) in [7, 11) is -3.53. The molecular formula is C15H18N2O4S. The van der Waals surface area contributed by atoms with E-state index in [-0.39, 0.29) is 4.90 Å². The Morgan fingerprint density at radius 3 is 2.23 bits per heavy atom. The van der Waals surface area contributed by atoms with Crippen molar-refractivity contribution in [3.8, 4) is 6.07 Å². The number of sulfonamides is 1. The first kappa shape index (κ1) is 15.4. The molecule has 0 saturated carbocycles. The van der Waals surface area contributed by atoms with Crippen molar-refractivity contribution in [2.45, 2.75) is 29.9 Å². The van der Waals surface area contributed by atoms with Crippen molar-refractivity contribution in [2.24, 2.45) is 0 Å². The molecule has 0 aromatic heterocycles. The molecule has 7 heteroatoms. The van der Waals surface area contributed by atoms with Crippen molar-refractivity contribution in [3.05, 3.63) is 29.8 Å². The van der Waals surface area contributed by atoms with Gasteiger partial charge in [-0.1, -0.05) is 0 Å². The van der Waals surface area contributed by atoms with E-state index in [0.29, 0.717) is 44.7 Å². The summed E-state index contributed by atoms with van der Waals surface area (Å²) < 4.78 is 38.1. The van der Waals surface area contributed by atoms with Crippen LogP contribution in [0.4, 0.5) is 0 Å². The fourth-order valence-electron chi connectivity index (χ4n) is 2.82. The van der Waals surface area contributed by atoms with Crippen LogP contribution in [0.25, 0.3) is 0 Å². The van der Waals surface area contributed by atoms with Crippen LogP contribution >= 0.6 is 0 Å². The van der Waals surface area contributed by atoms with Crippen molar-refractivity contribution in [1.29, 1.82) is 5.26 Å². The molecule has 0 amide bonds. The van der Waals surface area contributed by atoms with Gasteiger partial charge in [-0.3, -0.25) is 0 Å². The smallest absolute Gasteiger partial charge is 0.243 e. The molecule has 1 aromatic carbocycles. The highest BCUT2D eigenvalue weighted by atomic mass is 32.2. The topological polar surface area (TPSA) is 79.6 Å². The van der Waals surface area contributed by atoms with E-state index in [1.807, 2.05) is 6.07 Å². The zero-order valence-electron chi connectivity index (χ0n) is 12.2. The minimum absolute atomic E-state index is 0.216. The van der Waals surface area contributed by atoms with Gasteiger partial charge in [-0.25, -0.2) is 8.42 Å². The van der Waals surface area contributed by atoms with E-state index in [9.17, 15) is 8.42 Å². The van der Waals surface area contributed by atoms with Crippen LogP contribution in [-0.4, -0.2) is 44.8 Å². The Hall–Kier alpha value is -1.46. The highest BCUT2D eigenvalue weighted by Gasteiger charge is 2.41. The van der Waals surface area contributed by atoms with Crippen LogP contribution in [0.1, 0.15) is 24.8 Å². The summed E-state index contributed by atoms with van der Waals surface area (Å²) in [4.78, 5) is 0.216. The van der Waals surface area contributed by atoms with Gasteiger partial charge in [0.15, 0.2) is 5.79 Å². The molecule has 2 heterocycles. The monoisotopic (exact) mass is 322 g/mol. The third-order valence-corrected chi connectivity index (χ3v) is 6.04. The summed E-state index contributed by atoms with van der Waals surface area (Å²) in [5, 5.41) is 8.78. The molecule has 2 aliphatic heterocycles. The van der Waals surface area contributed by atoms with E-state index in [0.717, 1.165) is 6.42 Å². The maximum atomic E-state index is 12.6. The van der Waals surface area contributed by atoms with Gasteiger partial charge in [0, 0.05) is 25.9 Å². The lowest BCUT2D eigenvalue weighted by atomic mass is 10.0. The summed E-state index contributed by atoms with van der Waals surface area (Å²) in [6.07, 6.45) is 1.97. The normalized spacial score (nSPS) is 22.3. The van der Waals surface area contributed by atoms with Crippen LogP contribution in [0.5, 0.6) is 0 Å². The van der Waals surface area contributed by atoms with E-state index >= 15 is 0 Å². The standard InChI is InChI=1S/C15H18N2O4S/c16-12-13-2-4-14(5-3-13)22(18,19)17-8-6-15(7-9-17)20-10-1-11-21-15/h2-5H,1,6-11H2. The zero-order chi connectivity index (χ0) is 15.6. The van der Waals surface area contributed by atoms with Crippen molar-refractivity contribution in [2.75, 3.05) is 26.3 Å². The van der Waals surface area contributed by atoms with Gasteiger partial charge in [0.25, 0.3) is 0 Å². The van der Waals surface area contributed by atoms with Gasteiger partial charge in [0.05, 0.1) is 29.7 Å². The fraction of sp³-hybridized carbons (Fsp3) is 0.533. The molecule has 0 radical (unpaired) electrons. The second-order valence-corrected chi connectivity index (χ2v) is 7.44. The van der Waals surface area contributed by atoms with E-state index in [1.54, 1.807) is 0 Å². The summed E-state index contributed by atoms with van der Waals surface area (Å²) >= 11 is 0. The number of nitrogens with zero attached hydrogens (tertiary/aromatic N) is 2. The fourth-order valence-corrected chi connectivity index (χ4v) is 4.26. The lowest BCUT2D eigenvalue weighted by molar-refractivity contribution is -0.280. The van der Waals surface area contributed by atoms with E-state index in [4.69, 9.17) is 14.7 Å². The molecule has 2 aliphatic rings. The van der Waals surface area contributed by atoms with Crippen LogP contribution in [0.3, 0.4) is 0 Å². The Balaban J connectivity index is 1.72. The number of nitriles is 1. The molecule has 0 N–H and O–H groups in total. The predicted molar refractivity (Wildman–Crippen MR) is 78.4 cm³/mol. The number of piperidine rings is 1. The minimum Gasteiger partial charge on any atom is -0.350 e. The van der Waals surface area contributed by atoms with Crippen LogP contribution in [-0.2, 0) is 19.5 Å². The third-order valence-electron chi connectivity index (χ3n) is 4.12. The first-order valence-electron chi connectivity index (χ1n) is 7.34. The van der Waals surface area contributed by atoms with Crippen molar-refractivity contribution in [3.63, 3.8) is 0 Å². The molecule has 0 aliphatic carbocycles. The Morgan fingerprint density at radius 1 is 1.09 bits per heavy atom. The first-order valence-corrected chi connectivity index (χ1v) is 8.78. The minimum atomic E-state index is -3.53. The van der Waals surface area contributed by atoms with E-state index < -0.39 is 15.8 Å². The van der Waals surface area contributed by atoms with Crippen molar-refractivity contribution in [1.82, 2.24) is 4.31 Å². The maximum absolute atomic E-state index is 12.6. The molecule has 2 saturated heterocycles. The lowest BCUT2D eigenvalue weighted by Crippen LogP contribution is -2.51. The Bertz CT molecular complexity index is 662. The van der Waals surface area contributed by atoms with Crippen LogP contribution in [0.15, 0.2) is 29.2 Å². The van der Waals surface area contributed by atoms with Crippen molar-refractivity contribution < 1.29 is 17.9 Å². The molecule has 0 unspecified atom stereocenters. The number of benzene rings is 1. The number of hydrogen-bond donors (Lipinski definition) is 0. The van der Waals surface area contributed by atoms with E-state index in [1.165, 1.54) is 28.6 Å². The molecule has 118 valence electrons. The summed E-state index contributed by atoms with van der Waals surface area (Å²) in [5.41, 5.74) is 0.445. The predicted octanol–water partition coefficient (Wildman–Crippen LogP) is 1.48. The molecular weight excluding hydrogens is 304 g/mol. The van der Waals surface area contributed by atoms with Gasteiger partial charge >= 0.3 is 0 Å². The maximum Gasteiger partial charge on any atom is 0.243 e. The van der Waals surface area contributed by atoms with Crippen LogP contribution < -0.4 is 0 Å². The third kappa shape index (κ3) is 2.88. The SMILES string of the molecule is N#Cc1ccc(S(=O)(=O)N2CCC3(CC2)OCCCO3)cc1. The Labute approximate surface area is 130 Å². The first-order chi connectivity index (χ1) is 10.6. The average Bonchev–Trinajstić information content (AvgIpc) is 2.56. The number of hydrogen-bond acceptors (Lipinski definition) is 5. The molecule has 3 rings (SSSR count). The van der Waals surface area contributed by atoms with Gasteiger partial charge in [0.2, 0.25) is 10.0 Å². The van der Waals surface area contributed by atoms with Gasteiger partial charge < -0.3 is 9.47 Å². The highest BCUT2D eigenvalue weighted by molar-refractivity contribution is 7.89. The van der Waals surface area contributed by atoms with Gasteiger partial charge in [-0.15, -0.1) is 0 Å². The molecule has 0 bridgehead atoms. The molecule has 2 fully saturated rings. The largest absolute Gasteiger partial charge is 0.350 e. The average molecular weight is 322 g/mol. The lowest BCUT2D eigenvalue weighted by Gasteiger charge is -2.42. The molecule has 0 atom stereocenters. The van der Waals surface area contributed by atoms with Crippen LogP contribution in [0.2, 0.25) is 0 Å². The van der Waals surface area contributed by atoms with Gasteiger partial charge in [-0.2, -0.15) is 9.57 Å². The molecule has 1 aromatic rings. The van der Waals surface area contributed by atoms with Crippen LogP contribution in [0, 0.1) is 11.3 Å². The molecule has 6 nitrogen and oxygen atoms in total. The summed E-state index contributed by atoms with van der Waals surface area (Å²) in [6.45, 7) is 2.09. The van der Waals surface area contributed by atoms with E-state index in [2.05, 4.69) is 0 Å². The Morgan fingerprint density at radius 2 is 1.68 bits per heavy atom. The Kier molecular flexibility index (Phi) is 4.19. The van der Waals surface area contributed by atoms with Gasteiger partial charge in [0.1, 0.15) is 0 Å². The highest BCUT2D eigenvalue weighted by Crippen LogP contribution is 2.32. The quantitative estimate of drug-likeness (QED) is 0.824. The number of rotatable bonds is 2. The molecule has 1 spiro atoms. The second kappa shape index (κ2) is 5.97. The zero-order valence-corrected chi connectivity index (χ0v) is 13.0. The summed E-state index contributed by atoms with van der Waals surface area (Å²) in [5.74, 6) is -0.602. The van der Waals surface area contributed by atoms with Crippen molar-refractivity contribution >= 4 is 10.0 Å². The van der Waals surface area contributed by atoms with Gasteiger partial charge in [-0.05, 0) is 30.7 Å². The number of ether oxygens (including phenoxy) is 2. The summed E-state index contributed by atoms with van der Waals surface area (Å²) in [6, 6.07) is 7.98. The second-order valence-electron chi connectivity index (χ2n) is 5.50.